The van der Waals surface area contributed by atoms with Gasteiger partial charge in [-0.2, -0.15) is 0 Å². The van der Waals surface area contributed by atoms with Gasteiger partial charge in [0.25, 0.3) is 5.91 Å². The van der Waals surface area contributed by atoms with Crippen molar-refractivity contribution in [3.63, 3.8) is 0 Å². The van der Waals surface area contributed by atoms with Crippen molar-refractivity contribution in [2.75, 3.05) is 5.32 Å². The standard InChI is InChI=1S/C18H14N2O3S2/c1-11-5-4-8-16(19-11)20-18(21)14-9-12-10-25(22,23)15-7-3-2-6-13(15)17(12)24-14/h2-9H,10H2,1H3,(H,19,20,21). The Bertz CT molecular complexity index is 1100. The van der Waals surface area contributed by atoms with Crippen molar-refractivity contribution >= 4 is 32.9 Å². The number of anilines is 1. The van der Waals surface area contributed by atoms with Crippen molar-refractivity contribution in [2.45, 2.75) is 17.6 Å². The summed E-state index contributed by atoms with van der Waals surface area (Å²) in [5.74, 6) is 0.114. The van der Waals surface area contributed by atoms with Crippen LogP contribution < -0.4 is 5.32 Å². The van der Waals surface area contributed by atoms with Crippen LogP contribution in [0.15, 0.2) is 53.4 Å². The average molecular weight is 370 g/mol. The fourth-order valence-electron chi connectivity index (χ4n) is 2.87. The highest BCUT2D eigenvalue weighted by Gasteiger charge is 2.30. The van der Waals surface area contributed by atoms with E-state index in [1.54, 1.807) is 36.4 Å². The molecular weight excluding hydrogens is 356 g/mol. The Balaban J connectivity index is 1.72. The van der Waals surface area contributed by atoms with E-state index >= 15 is 0 Å². The fraction of sp³-hybridized carbons (Fsp3) is 0.111. The lowest BCUT2D eigenvalue weighted by atomic mass is 10.1. The van der Waals surface area contributed by atoms with Crippen molar-refractivity contribution in [2.24, 2.45) is 0 Å². The molecule has 2 aromatic heterocycles. The Kier molecular flexibility index (Phi) is 3.70. The number of fused-ring (bicyclic) bond motifs is 3. The first-order chi connectivity index (χ1) is 11.9. The van der Waals surface area contributed by atoms with Crippen LogP contribution in [0.4, 0.5) is 5.82 Å². The molecule has 5 nitrogen and oxygen atoms in total. The van der Waals surface area contributed by atoms with Crippen molar-refractivity contribution in [1.29, 1.82) is 0 Å². The van der Waals surface area contributed by atoms with Crippen molar-refractivity contribution in [1.82, 2.24) is 4.98 Å². The van der Waals surface area contributed by atoms with Crippen LogP contribution in [-0.2, 0) is 15.6 Å². The molecule has 0 atom stereocenters. The molecule has 0 aliphatic carbocycles. The fourth-order valence-corrected chi connectivity index (χ4v) is 5.73. The average Bonchev–Trinajstić information content (AvgIpc) is 2.98. The summed E-state index contributed by atoms with van der Waals surface area (Å²) in [5, 5.41) is 2.76. The number of carbonyl (C=O) groups excluding carboxylic acids is 1. The van der Waals surface area contributed by atoms with Gasteiger partial charge in [0.05, 0.1) is 15.5 Å². The number of hydrogen-bond donors (Lipinski definition) is 1. The van der Waals surface area contributed by atoms with Gasteiger partial charge in [0, 0.05) is 16.1 Å². The van der Waals surface area contributed by atoms with Gasteiger partial charge in [0.1, 0.15) is 5.82 Å². The molecule has 3 aromatic rings. The van der Waals surface area contributed by atoms with Crippen LogP contribution in [0.1, 0.15) is 20.9 Å². The SMILES string of the molecule is Cc1cccc(NC(=O)c2cc3c(s2)-c2ccccc2S(=O)(=O)C3)n1. The second-order valence-electron chi connectivity index (χ2n) is 5.84. The van der Waals surface area contributed by atoms with Gasteiger partial charge < -0.3 is 5.32 Å². The van der Waals surface area contributed by atoms with E-state index in [0.717, 1.165) is 10.6 Å². The van der Waals surface area contributed by atoms with Gasteiger partial charge >= 0.3 is 0 Å². The zero-order valence-electron chi connectivity index (χ0n) is 13.3. The molecule has 0 bridgehead atoms. The molecule has 1 N–H and O–H groups in total. The Morgan fingerprint density at radius 2 is 1.96 bits per heavy atom. The highest BCUT2D eigenvalue weighted by molar-refractivity contribution is 7.91. The van der Waals surface area contributed by atoms with Crippen LogP contribution in [0.2, 0.25) is 0 Å². The molecule has 126 valence electrons. The van der Waals surface area contributed by atoms with E-state index in [4.69, 9.17) is 0 Å². The normalized spacial score (nSPS) is 14.4. The molecule has 1 amide bonds. The van der Waals surface area contributed by atoms with E-state index in [2.05, 4.69) is 10.3 Å². The molecular formula is C18H14N2O3S2. The second-order valence-corrected chi connectivity index (χ2v) is 8.85. The number of pyridine rings is 1. The molecule has 4 rings (SSSR count). The summed E-state index contributed by atoms with van der Waals surface area (Å²) in [6.45, 7) is 1.85. The van der Waals surface area contributed by atoms with E-state index < -0.39 is 9.84 Å². The van der Waals surface area contributed by atoms with E-state index in [9.17, 15) is 13.2 Å². The molecule has 1 aliphatic rings. The van der Waals surface area contributed by atoms with Crippen LogP contribution >= 0.6 is 11.3 Å². The molecule has 0 spiro atoms. The highest BCUT2D eigenvalue weighted by Crippen LogP contribution is 2.42. The molecule has 0 unspecified atom stereocenters. The van der Waals surface area contributed by atoms with E-state index in [0.29, 0.717) is 26.7 Å². The van der Waals surface area contributed by atoms with Crippen molar-refractivity contribution < 1.29 is 13.2 Å². The zero-order valence-corrected chi connectivity index (χ0v) is 14.9. The molecule has 0 saturated carbocycles. The van der Waals surface area contributed by atoms with Crippen LogP contribution in [0, 0.1) is 6.92 Å². The van der Waals surface area contributed by atoms with Gasteiger partial charge in [-0.1, -0.05) is 24.3 Å². The molecule has 1 aliphatic heterocycles. The first kappa shape index (κ1) is 16.0. The maximum absolute atomic E-state index is 12.5. The summed E-state index contributed by atoms with van der Waals surface area (Å²) in [6, 6.07) is 14.0. The lowest BCUT2D eigenvalue weighted by Gasteiger charge is -2.15. The molecule has 1 aromatic carbocycles. The lowest BCUT2D eigenvalue weighted by Crippen LogP contribution is -2.12. The monoisotopic (exact) mass is 370 g/mol. The molecule has 0 radical (unpaired) electrons. The van der Waals surface area contributed by atoms with Crippen molar-refractivity contribution in [3.8, 4) is 10.4 Å². The number of nitrogens with one attached hydrogen (secondary N) is 1. The number of nitrogens with zero attached hydrogens (tertiary/aromatic N) is 1. The Morgan fingerprint density at radius 3 is 2.76 bits per heavy atom. The summed E-state index contributed by atoms with van der Waals surface area (Å²) >= 11 is 1.31. The third-order valence-electron chi connectivity index (χ3n) is 3.97. The van der Waals surface area contributed by atoms with Gasteiger partial charge in [0.15, 0.2) is 9.84 Å². The van der Waals surface area contributed by atoms with Crippen LogP contribution in [0.3, 0.4) is 0 Å². The smallest absolute Gasteiger partial charge is 0.266 e. The minimum absolute atomic E-state index is 0.0776. The van der Waals surface area contributed by atoms with E-state index in [-0.39, 0.29) is 11.7 Å². The molecule has 0 fully saturated rings. The number of thiophene rings is 1. The topological polar surface area (TPSA) is 76.1 Å². The maximum Gasteiger partial charge on any atom is 0.266 e. The number of hydrogen-bond acceptors (Lipinski definition) is 5. The first-order valence-electron chi connectivity index (χ1n) is 7.64. The van der Waals surface area contributed by atoms with Crippen LogP contribution in [-0.4, -0.2) is 19.3 Å². The summed E-state index contributed by atoms with van der Waals surface area (Å²) in [5.41, 5.74) is 2.15. The number of aromatic nitrogens is 1. The predicted octanol–water partition coefficient (Wildman–Crippen LogP) is 3.66. The number of amides is 1. The summed E-state index contributed by atoms with van der Waals surface area (Å²) < 4.78 is 24.9. The molecule has 7 heteroatoms. The quantitative estimate of drug-likeness (QED) is 0.747. The molecule has 3 heterocycles. The number of aryl methyl sites for hydroxylation is 1. The largest absolute Gasteiger partial charge is 0.306 e. The Morgan fingerprint density at radius 1 is 1.16 bits per heavy atom. The Hall–Kier alpha value is -2.51. The minimum Gasteiger partial charge on any atom is -0.306 e. The predicted molar refractivity (Wildman–Crippen MR) is 97.6 cm³/mol. The first-order valence-corrected chi connectivity index (χ1v) is 10.1. The summed E-state index contributed by atoms with van der Waals surface area (Å²) in [6.07, 6.45) is 0. The van der Waals surface area contributed by atoms with E-state index in [1.807, 2.05) is 19.1 Å². The molecule has 25 heavy (non-hydrogen) atoms. The number of rotatable bonds is 2. The third kappa shape index (κ3) is 2.85. The maximum atomic E-state index is 12.5. The van der Waals surface area contributed by atoms with Gasteiger partial charge in [-0.3, -0.25) is 4.79 Å². The zero-order chi connectivity index (χ0) is 17.6. The van der Waals surface area contributed by atoms with Gasteiger partial charge in [-0.25, -0.2) is 13.4 Å². The van der Waals surface area contributed by atoms with Gasteiger partial charge in [-0.15, -0.1) is 11.3 Å². The van der Waals surface area contributed by atoms with Gasteiger partial charge in [0.2, 0.25) is 0 Å². The second kappa shape index (κ2) is 5.79. The number of benzene rings is 1. The molecule has 0 saturated heterocycles. The van der Waals surface area contributed by atoms with Crippen LogP contribution in [0.5, 0.6) is 0 Å². The highest BCUT2D eigenvalue weighted by atomic mass is 32.2. The van der Waals surface area contributed by atoms with E-state index in [1.165, 1.54) is 11.3 Å². The summed E-state index contributed by atoms with van der Waals surface area (Å²) in [7, 11) is -3.37. The van der Waals surface area contributed by atoms with Crippen LogP contribution in [0.25, 0.3) is 10.4 Å². The minimum atomic E-state index is -3.37. The number of sulfone groups is 1. The summed E-state index contributed by atoms with van der Waals surface area (Å²) in [4.78, 5) is 18.4. The van der Waals surface area contributed by atoms with Crippen molar-refractivity contribution in [3.05, 3.63) is 64.7 Å². The Labute approximate surface area is 149 Å². The lowest BCUT2D eigenvalue weighted by molar-refractivity contribution is 0.103. The number of carbonyl (C=O) groups is 1. The van der Waals surface area contributed by atoms with Gasteiger partial charge in [-0.05, 0) is 36.8 Å². The third-order valence-corrected chi connectivity index (χ3v) is 6.90.